The van der Waals surface area contributed by atoms with E-state index in [1.807, 2.05) is 0 Å². The molecule has 0 saturated heterocycles. The van der Waals surface area contributed by atoms with E-state index in [1.165, 1.54) is 31.1 Å². The molecule has 13 nitrogen and oxygen atoms in total. The number of phenols is 1. The number of aromatic hydroxyl groups is 1. The molecule has 1 aromatic rings. The number of urea groups is 1. The molecule has 0 heterocycles. The normalized spacial score (nSPS) is 33.7. The van der Waals surface area contributed by atoms with Crippen LogP contribution in [0.15, 0.2) is 12.1 Å². The summed E-state index contributed by atoms with van der Waals surface area (Å²) in [5, 5.41) is 39.4. The Morgan fingerprint density at radius 2 is 1.68 bits per heavy atom. The third-order valence-electron chi connectivity index (χ3n) is 8.23. The molecule has 3 aliphatic carbocycles. The number of carbonyl (C=O) groups excluding carboxylic acids is 6. The monoisotopic (exact) mass is 558 g/mol. The number of nitrogens with two attached hydrogens (primary N) is 1. The zero-order valence-corrected chi connectivity index (χ0v) is 23.0. The predicted molar refractivity (Wildman–Crippen MR) is 139 cm³/mol. The highest BCUT2D eigenvalue weighted by Crippen LogP contribution is 2.55. The summed E-state index contributed by atoms with van der Waals surface area (Å²) in [4.78, 5) is 80.2. The summed E-state index contributed by atoms with van der Waals surface area (Å²) in [5.74, 6) is -14.3. The molecule has 13 heteroatoms. The molecule has 2 fully saturated rings. The Labute approximate surface area is 230 Å². The van der Waals surface area contributed by atoms with Crippen LogP contribution in [0.25, 0.3) is 0 Å². The van der Waals surface area contributed by atoms with Crippen molar-refractivity contribution in [3.63, 3.8) is 0 Å². The number of primary amides is 1. The summed E-state index contributed by atoms with van der Waals surface area (Å²) in [5.41, 5.74) is 1.46. The van der Waals surface area contributed by atoms with Crippen molar-refractivity contribution in [2.45, 2.75) is 56.9 Å². The van der Waals surface area contributed by atoms with Gasteiger partial charge in [0.1, 0.15) is 5.75 Å². The fourth-order valence-electron chi connectivity index (χ4n) is 6.58. The number of hydrogen-bond donors (Lipinski definition) is 6. The first-order valence-corrected chi connectivity index (χ1v) is 12.8. The van der Waals surface area contributed by atoms with Crippen molar-refractivity contribution in [3.8, 4) is 5.75 Å². The number of nitrogens with zero attached hydrogens (tertiary/aromatic N) is 1. The van der Waals surface area contributed by atoms with Crippen LogP contribution in [-0.2, 0) is 19.2 Å². The lowest BCUT2D eigenvalue weighted by atomic mass is 9.49. The lowest BCUT2D eigenvalue weighted by Crippen LogP contribution is -2.77. The molecule has 7 N–H and O–H groups in total. The first-order chi connectivity index (χ1) is 18.4. The van der Waals surface area contributed by atoms with Gasteiger partial charge in [0.05, 0.1) is 35.2 Å². The maximum atomic E-state index is 14.0. The Balaban J connectivity index is 1.85. The smallest absolute Gasteiger partial charge is 0.319 e. The second-order valence-corrected chi connectivity index (χ2v) is 12.1. The lowest BCUT2D eigenvalue weighted by Gasteiger charge is -2.56. The van der Waals surface area contributed by atoms with Crippen LogP contribution in [0.3, 0.4) is 0 Å². The fourth-order valence-corrected chi connectivity index (χ4v) is 6.58. The highest BCUT2D eigenvalue weighted by atomic mass is 16.3. The average Bonchev–Trinajstić information content (AvgIpc) is 2.81. The van der Waals surface area contributed by atoms with E-state index in [0.29, 0.717) is 0 Å². The zero-order valence-electron chi connectivity index (χ0n) is 23.0. The quantitative estimate of drug-likeness (QED) is 0.203. The third kappa shape index (κ3) is 4.11. The molecular formula is C27H34N4O9. The summed E-state index contributed by atoms with van der Waals surface area (Å²) in [6.45, 7) is 6.83. The second kappa shape index (κ2) is 9.46. The number of aliphatic hydroxyl groups excluding tert-OH is 1. The summed E-state index contributed by atoms with van der Waals surface area (Å²) in [6.07, 6.45) is -1.72. The number of likely N-dealkylation sites (N-methyl/N-ethyl adjacent to an activating group) is 1. The number of Topliss-reactive ketones (excluding diaryl/α,β-unsaturated/α-hetero) is 4. The number of fused-ring (bicyclic) bond motifs is 3. The molecule has 0 aliphatic heterocycles. The molecule has 0 spiro atoms. The van der Waals surface area contributed by atoms with E-state index in [0.717, 1.165) is 0 Å². The van der Waals surface area contributed by atoms with Crippen LogP contribution in [0.1, 0.15) is 49.5 Å². The second-order valence-electron chi connectivity index (χ2n) is 12.1. The van der Waals surface area contributed by atoms with Crippen LogP contribution < -0.4 is 16.4 Å². The summed E-state index contributed by atoms with van der Waals surface area (Å²) >= 11 is 0. The summed E-state index contributed by atoms with van der Waals surface area (Å²) in [6, 6.07) is 0.747. The molecular weight excluding hydrogens is 524 g/mol. The van der Waals surface area contributed by atoms with Gasteiger partial charge in [-0.05, 0) is 52.4 Å². The first kappa shape index (κ1) is 29.3. The van der Waals surface area contributed by atoms with Gasteiger partial charge in [-0.2, -0.15) is 0 Å². The maximum Gasteiger partial charge on any atom is 0.319 e. The number of aliphatic hydroxyl groups is 2. The van der Waals surface area contributed by atoms with Crippen molar-refractivity contribution in [2.75, 3.05) is 19.4 Å². The SMILES string of the molecule is C[C@@H]1c2ccc(NC(=O)NC(C)(C)C)c(O)c2C(=O)C2C(=O)[C@@]3(O)C(=O)C(C(N)=O)C(=O)[C@H](N(C)C)[C@H]3[C@H](O)[C@H]21. The van der Waals surface area contributed by atoms with Crippen LogP contribution >= 0.6 is 0 Å². The maximum absolute atomic E-state index is 14.0. The van der Waals surface area contributed by atoms with E-state index in [1.54, 1.807) is 27.7 Å². The van der Waals surface area contributed by atoms with Crippen LogP contribution in [-0.4, -0.2) is 92.7 Å². The summed E-state index contributed by atoms with van der Waals surface area (Å²) < 4.78 is 0. The molecule has 0 aromatic heterocycles. The lowest BCUT2D eigenvalue weighted by molar-refractivity contribution is -0.196. The Hall–Kier alpha value is -3.68. The van der Waals surface area contributed by atoms with Crippen molar-refractivity contribution in [1.29, 1.82) is 0 Å². The number of ketones is 4. The van der Waals surface area contributed by atoms with Crippen molar-refractivity contribution in [2.24, 2.45) is 29.4 Å². The van der Waals surface area contributed by atoms with Gasteiger partial charge in [-0.15, -0.1) is 0 Å². The van der Waals surface area contributed by atoms with Crippen LogP contribution in [0, 0.1) is 23.7 Å². The van der Waals surface area contributed by atoms with Gasteiger partial charge in [-0.25, -0.2) is 4.79 Å². The largest absolute Gasteiger partial charge is 0.505 e. The van der Waals surface area contributed by atoms with Gasteiger partial charge in [0, 0.05) is 11.5 Å². The highest BCUT2D eigenvalue weighted by Gasteiger charge is 2.72. The Morgan fingerprint density at radius 1 is 1.07 bits per heavy atom. The number of anilines is 1. The van der Waals surface area contributed by atoms with Crippen molar-refractivity contribution in [1.82, 2.24) is 10.2 Å². The van der Waals surface area contributed by atoms with Crippen molar-refractivity contribution in [3.05, 3.63) is 23.3 Å². The minimum Gasteiger partial charge on any atom is -0.505 e. The van der Waals surface area contributed by atoms with E-state index >= 15 is 0 Å². The number of benzene rings is 1. The van der Waals surface area contributed by atoms with Gasteiger partial charge in [0.25, 0.3) is 0 Å². The van der Waals surface area contributed by atoms with Crippen LogP contribution in [0.5, 0.6) is 5.75 Å². The van der Waals surface area contributed by atoms with Crippen LogP contribution in [0.4, 0.5) is 10.5 Å². The number of carbonyl (C=O) groups is 6. The van der Waals surface area contributed by atoms with E-state index in [9.17, 15) is 44.1 Å². The van der Waals surface area contributed by atoms with Gasteiger partial charge < -0.3 is 31.7 Å². The molecule has 3 aliphatic rings. The molecule has 8 atom stereocenters. The fraction of sp³-hybridized carbons (Fsp3) is 0.556. The van der Waals surface area contributed by atoms with Crippen molar-refractivity contribution >= 4 is 40.8 Å². The van der Waals surface area contributed by atoms with E-state index in [4.69, 9.17) is 5.73 Å². The zero-order chi connectivity index (χ0) is 30.2. The molecule has 40 heavy (non-hydrogen) atoms. The molecule has 4 rings (SSSR count). The first-order valence-electron chi connectivity index (χ1n) is 12.8. The van der Waals surface area contributed by atoms with Gasteiger partial charge >= 0.3 is 6.03 Å². The van der Waals surface area contributed by atoms with Gasteiger partial charge in [-0.1, -0.05) is 13.0 Å². The number of phenolic OH excluding ortho intramolecular Hbond substituents is 1. The number of hydrogen-bond acceptors (Lipinski definition) is 10. The van der Waals surface area contributed by atoms with Gasteiger partial charge in [0.15, 0.2) is 34.7 Å². The van der Waals surface area contributed by atoms with E-state index < -0.39 is 93.7 Å². The Morgan fingerprint density at radius 3 is 2.20 bits per heavy atom. The molecule has 216 valence electrons. The van der Waals surface area contributed by atoms with E-state index in [-0.39, 0.29) is 16.8 Å². The Kier molecular flexibility index (Phi) is 6.93. The van der Waals surface area contributed by atoms with E-state index in [2.05, 4.69) is 10.6 Å². The molecule has 2 saturated carbocycles. The van der Waals surface area contributed by atoms with Gasteiger partial charge in [-0.3, -0.25) is 28.9 Å². The minimum absolute atomic E-state index is 0.124. The summed E-state index contributed by atoms with van der Waals surface area (Å²) in [7, 11) is 2.85. The molecule has 0 radical (unpaired) electrons. The molecule has 2 unspecified atom stereocenters. The standard InChI is InChI=1S/C27H34N4O9/c1-9-10-7-8-11(29-25(39)30-26(2,3)4)18(32)13(10)19(33)14-12(9)20(34)16-17(31(5)6)21(35)15(24(28)38)23(37)27(16,40)22(14)36/h7-9,12,14-17,20,32,34,40H,1-6H3,(H2,28,38)(H2,29,30,39)/t9-,12+,14?,15?,16+,17-,20-,27-/m1/s1. The number of amides is 3. The number of nitrogens with one attached hydrogen (secondary N) is 2. The van der Waals surface area contributed by atoms with Crippen molar-refractivity contribution < 1.29 is 44.1 Å². The average molecular weight is 559 g/mol. The predicted octanol–water partition coefficient (Wildman–Crippen LogP) is -0.681. The van der Waals surface area contributed by atoms with Crippen LogP contribution in [0.2, 0.25) is 0 Å². The van der Waals surface area contributed by atoms with Gasteiger partial charge in [0.2, 0.25) is 5.91 Å². The Bertz CT molecular complexity index is 1350. The highest BCUT2D eigenvalue weighted by molar-refractivity contribution is 6.32. The minimum atomic E-state index is -3.08. The topological polar surface area (TPSA) is 216 Å². The number of rotatable bonds is 3. The molecule has 3 amide bonds. The molecule has 0 bridgehead atoms. The molecule has 1 aromatic carbocycles. The third-order valence-corrected chi connectivity index (χ3v) is 8.23.